The highest BCUT2D eigenvalue weighted by molar-refractivity contribution is 5.97. The summed E-state index contributed by atoms with van der Waals surface area (Å²) in [5.74, 6) is -0.248. The van der Waals surface area contributed by atoms with Gasteiger partial charge >= 0.3 is 6.36 Å². The molecule has 0 saturated carbocycles. The fourth-order valence-corrected chi connectivity index (χ4v) is 2.48. The van der Waals surface area contributed by atoms with Crippen LogP contribution in [0.5, 0.6) is 5.75 Å². The number of halogens is 3. The molecule has 6 heteroatoms. The van der Waals surface area contributed by atoms with Crippen LogP contribution in [0.2, 0.25) is 0 Å². The van der Waals surface area contributed by atoms with Gasteiger partial charge < -0.3 is 9.30 Å². The van der Waals surface area contributed by atoms with Crippen molar-refractivity contribution >= 4 is 17.2 Å². The smallest absolute Gasteiger partial charge is 0.406 e. The van der Waals surface area contributed by atoms with Gasteiger partial charge in [0.05, 0.1) is 0 Å². The number of rotatable bonds is 4. The Hall–Kier alpha value is -2.76. The fraction of sp³-hybridized carbons (Fsp3) is 0.118. The van der Waals surface area contributed by atoms with Crippen LogP contribution in [0.15, 0.2) is 54.7 Å². The second kappa shape index (κ2) is 5.79. The minimum Gasteiger partial charge on any atom is -0.406 e. The second-order valence-electron chi connectivity index (χ2n) is 5.03. The summed E-state index contributed by atoms with van der Waals surface area (Å²) in [6.07, 6.45) is -2.04. The maximum absolute atomic E-state index is 12.1. The Morgan fingerprint density at radius 3 is 2.43 bits per heavy atom. The van der Waals surface area contributed by atoms with Gasteiger partial charge in [0.2, 0.25) is 0 Å². The number of benzene rings is 2. The molecule has 0 aliphatic carbocycles. The van der Waals surface area contributed by atoms with Gasteiger partial charge in [0.15, 0.2) is 6.29 Å². The molecule has 3 nitrogen and oxygen atoms in total. The molecule has 0 bridgehead atoms. The van der Waals surface area contributed by atoms with Crippen molar-refractivity contribution < 1.29 is 22.7 Å². The minimum absolute atomic E-state index is 0.248. The van der Waals surface area contributed by atoms with Crippen LogP contribution in [0.25, 0.3) is 10.9 Å². The van der Waals surface area contributed by atoms with Crippen LogP contribution in [0.4, 0.5) is 13.2 Å². The molecule has 2 aromatic carbocycles. The molecule has 3 aromatic rings. The fourth-order valence-electron chi connectivity index (χ4n) is 2.48. The second-order valence-corrected chi connectivity index (χ2v) is 5.03. The molecule has 0 spiro atoms. The number of fused-ring (bicyclic) bond motifs is 1. The Kier molecular flexibility index (Phi) is 3.82. The van der Waals surface area contributed by atoms with E-state index in [1.54, 1.807) is 24.3 Å². The number of carbonyl (C=O) groups is 1. The summed E-state index contributed by atoms with van der Waals surface area (Å²) in [7, 11) is 0. The number of aldehydes is 1. The molecule has 23 heavy (non-hydrogen) atoms. The summed E-state index contributed by atoms with van der Waals surface area (Å²) in [4.78, 5) is 11.0. The molecular weight excluding hydrogens is 307 g/mol. The number of aromatic nitrogens is 1. The molecule has 0 unspecified atom stereocenters. The lowest BCUT2D eigenvalue weighted by molar-refractivity contribution is -0.274. The molecule has 0 atom stereocenters. The van der Waals surface area contributed by atoms with E-state index in [4.69, 9.17) is 0 Å². The highest BCUT2D eigenvalue weighted by Crippen LogP contribution is 2.24. The molecule has 0 aliphatic rings. The Labute approximate surface area is 129 Å². The van der Waals surface area contributed by atoms with Crippen molar-refractivity contribution in [3.8, 4) is 5.75 Å². The van der Waals surface area contributed by atoms with Gasteiger partial charge in [-0.2, -0.15) is 0 Å². The van der Waals surface area contributed by atoms with Crippen molar-refractivity contribution in [3.05, 3.63) is 65.9 Å². The van der Waals surface area contributed by atoms with E-state index in [0.29, 0.717) is 12.1 Å². The lowest BCUT2D eigenvalue weighted by atomic mass is 10.1. The summed E-state index contributed by atoms with van der Waals surface area (Å²) in [5.41, 5.74) is 2.33. The first kappa shape index (κ1) is 15.1. The Bertz CT molecular complexity index is 835. The van der Waals surface area contributed by atoms with Crippen LogP contribution >= 0.6 is 0 Å². The molecule has 0 aliphatic heterocycles. The van der Waals surface area contributed by atoms with Gasteiger partial charge in [-0.15, -0.1) is 13.2 Å². The van der Waals surface area contributed by atoms with E-state index < -0.39 is 6.36 Å². The number of carbonyl (C=O) groups excluding carboxylic acids is 1. The van der Waals surface area contributed by atoms with E-state index in [1.165, 1.54) is 12.1 Å². The summed E-state index contributed by atoms with van der Waals surface area (Å²) in [6.45, 7) is 0.484. The molecule has 0 N–H and O–H groups in total. The van der Waals surface area contributed by atoms with Crippen molar-refractivity contribution in [1.29, 1.82) is 0 Å². The molecule has 0 amide bonds. The summed E-state index contributed by atoms with van der Waals surface area (Å²) < 4.78 is 42.2. The minimum atomic E-state index is -4.69. The number of ether oxygens (including phenoxy) is 1. The molecule has 0 fully saturated rings. The maximum atomic E-state index is 12.1. The van der Waals surface area contributed by atoms with Crippen molar-refractivity contribution in [1.82, 2.24) is 4.57 Å². The molecular formula is C17H12F3NO2. The highest BCUT2D eigenvalue weighted by atomic mass is 19.4. The first-order valence-electron chi connectivity index (χ1n) is 6.84. The Balaban J connectivity index is 1.84. The SMILES string of the molecule is O=Cc1cccc2c1ccn2Cc1ccc(OC(F)(F)F)cc1. The van der Waals surface area contributed by atoms with E-state index in [1.807, 2.05) is 22.9 Å². The zero-order valence-corrected chi connectivity index (χ0v) is 11.9. The first-order valence-corrected chi connectivity index (χ1v) is 6.84. The quantitative estimate of drug-likeness (QED) is 0.667. The van der Waals surface area contributed by atoms with Crippen LogP contribution in [0.3, 0.4) is 0 Å². The molecule has 3 rings (SSSR count). The van der Waals surface area contributed by atoms with Crippen LogP contribution in [0, 0.1) is 0 Å². The van der Waals surface area contributed by atoms with Crippen molar-refractivity contribution in [2.75, 3.05) is 0 Å². The molecule has 1 heterocycles. The van der Waals surface area contributed by atoms with Crippen molar-refractivity contribution in [3.63, 3.8) is 0 Å². The summed E-state index contributed by atoms with van der Waals surface area (Å²) >= 11 is 0. The average molecular weight is 319 g/mol. The lowest BCUT2D eigenvalue weighted by Gasteiger charge is -2.10. The van der Waals surface area contributed by atoms with Crippen LogP contribution in [0.1, 0.15) is 15.9 Å². The molecule has 1 aromatic heterocycles. The van der Waals surface area contributed by atoms with Gasteiger partial charge in [0.25, 0.3) is 0 Å². The predicted molar refractivity (Wildman–Crippen MR) is 79.6 cm³/mol. The van der Waals surface area contributed by atoms with Gasteiger partial charge in [-0.05, 0) is 29.8 Å². The standard InChI is InChI=1S/C17H12F3NO2/c18-17(19,20)23-14-6-4-12(5-7-14)10-21-9-8-15-13(11-22)2-1-3-16(15)21/h1-9,11H,10H2. The topological polar surface area (TPSA) is 31.2 Å². The zero-order valence-electron chi connectivity index (χ0n) is 11.9. The van der Waals surface area contributed by atoms with Gasteiger partial charge in [0.1, 0.15) is 5.75 Å². The maximum Gasteiger partial charge on any atom is 0.573 e. The van der Waals surface area contributed by atoms with Gasteiger partial charge in [-0.1, -0.05) is 24.3 Å². The van der Waals surface area contributed by atoms with Gasteiger partial charge in [-0.3, -0.25) is 4.79 Å². The third kappa shape index (κ3) is 3.36. The monoisotopic (exact) mass is 319 g/mol. The van der Waals surface area contributed by atoms with Crippen molar-refractivity contribution in [2.24, 2.45) is 0 Å². The third-order valence-electron chi connectivity index (χ3n) is 3.48. The van der Waals surface area contributed by atoms with E-state index in [9.17, 15) is 18.0 Å². The average Bonchev–Trinajstić information content (AvgIpc) is 2.91. The Morgan fingerprint density at radius 1 is 1.04 bits per heavy atom. The Morgan fingerprint density at radius 2 is 1.78 bits per heavy atom. The van der Waals surface area contributed by atoms with Crippen LogP contribution in [-0.4, -0.2) is 17.2 Å². The number of nitrogens with zero attached hydrogens (tertiary/aromatic N) is 1. The number of alkyl halides is 3. The summed E-state index contributed by atoms with van der Waals surface area (Å²) in [5, 5.41) is 0.847. The van der Waals surface area contributed by atoms with E-state index >= 15 is 0 Å². The van der Waals surface area contributed by atoms with Crippen LogP contribution < -0.4 is 4.74 Å². The van der Waals surface area contributed by atoms with E-state index in [0.717, 1.165) is 22.8 Å². The first-order chi connectivity index (χ1) is 11.0. The van der Waals surface area contributed by atoms with E-state index in [2.05, 4.69) is 4.74 Å². The predicted octanol–water partition coefficient (Wildman–Crippen LogP) is 4.40. The van der Waals surface area contributed by atoms with E-state index in [-0.39, 0.29) is 5.75 Å². The van der Waals surface area contributed by atoms with Crippen LogP contribution in [-0.2, 0) is 6.54 Å². The van der Waals surface area contributed by atoms with Gasteiger partial charge in [-0.25, -0.2) is 0 Å². The van der Waals surface area contributed by atoms with Crippen molar-refractivity contribution in [2.45, 2.75) is 12.9 Å². The third-order valence-corrected chi connectivity index (χ3v) is 3.48. The number of hydrogen-bond acceptors (Lipinski definition) is 2. The molecule has 0 saturated heterocycles. The normalized spacial score (nSPS) is 11.6. The largest absolute Gasteiger partial charge is 0.573 e. The number of hydrogen-bond donors (Lipinski definition) is 0. The zero-order chi connectivity index (χ0) is 16.4. The molecule has 0 radical (unpaired) electrons. The van der Waals surface area contributed by atoms with Gasteiger partial charge in [0, 0.05) is 29.2 Å². The lowest BCUT2D eigenvalue weighted by Crippen LogP contribution is -2.17. The summed E-state index contributed by atoms with van der Waals surface area (Å²) in [6, 6.07) is 13.0. The molecule has 118 valence electrons. The highest BCUT2D eigenvalue weighted by Gasteiger charge is 2.30.